The smallest absolute Gasteiger partial charge is 0.408 e. The van der Waals surface area contributed by atoms with Gasteiger partial charge in [-0.05, 0) is 78.6 Å². The van der Waals surface area contributed by atoms with Crippen molar-refractivity contribution >= 4 is 17.9 Å². The number of phenolic OH excluding ortho intramolecular Hbond substituents is 1. The van der Waals surface area contributed by atoms with E-state index < -0.39 is 35.2 Å². The number of benzene rings is 2. The first-order valence-electron chi connectivity index (χ1n) is 12.5. The Morgan fingerprint density at radius 3 is 2.05 bits per heavy atom. The van der Waals surface area contributed by atoms with E-state index in [1.165, 1.54) is 17.0 Å². The molecule has 0 aromatic heterocycles. The molecular weight excluding hydrogens is 470 g/mol. The largest absolute Gasteiger partial charge is 0.508 e. The SMILES string of the molecule is CC(C)NC(=O)C(c1cccc(O)c1)N(C(=O)C(Cc1ccccc1)NC(=O)OC(C)(C)C)C(C)(C)C. The van der Waals surface area contributed by atoms with E-state index in [1.54, 1.807) is 32.9 Å². The maximum atomic E-state index is 14.3. The van der Waals surface area contributed by atoms with E-state index in [1.807, 2.05) is 65.0 Å². The van der Waals surface area contributed by atoms with Gasteiger partial charge in [-0.15, -0.1) is 0 Å². The molecule has 0 spiro atoms. The monoisotopic (exact) mass is 511 g/mol. The lowest BCUT2D eigenvalue weighted by Gasteiger charge is -2.43. The average molecular weight is 512 g/mol. The van der Waals surface area contributed by atoms with Crippen LogP contribution in [0.2, 0.25) is 0 Å². The van der Waals surface area contributed by atoms with Crippen LogP contribution in [0.5, 0.6) is 5.75 Å². The van der Waals surface area contributed by atoms with E-state index in [0.717, 1.165) is 5.56 Å². The van der Waals surface area contributed by atoms with Crippen LogP contribution >= 0.6 is 0 Å². The van der Waals surface area contributed by atoms with Crippen molar-refractivity contribution in [2.24, 2.45) is 0 Å². The lowest BCUT2D eigenvalue weighted by atomic mass is 9.94. The molecule has 37 heavy (non-hydrogen) atoms. The first-order chi connectivity index (χ1) is 17.1. The Morgan fingerprint density at radius 1 is 0.919 bits per heavy atom. The van der Waals surface area contributed by atoms with E-state index in [9.17, 15) is 19.5 Å². The number of nitrogens with one attached hydrogen (secondary N) is 2. The van der Waals surface area contributed by atoms with Crippen LogP contribution in [0, 0.1) is 0 Å². The third kappa shape index (κ3) is 9.12. The topological polar surface area (TPSA) is 108 Å². The number of amides is 3. The Balaban J connectivity index is 2.60. The van der Waals surface area contributed by atoms with Crippen LogP contribution in [0.15, 0.2) is 54.6 Å². The summed E-state index contributed by atoms with van der Waals surface area (Å²) >= 11 is 0. The molecule has 2 aromatic carbocycles. The summed E-state index contributed by atoms with van der Waals surface area (Å²) in [6.45, 7) is 14.4. The van der Waals surface area contributed by atoms with E-state index in [2.05, 4.69) is 10.6 Å². The predicted molar refractivity (Wildman–Crippen MR) is 144 cm³/mol. The molecule has 2 aromatic rings. The number of ether oxygens (including phenoxy) is 1. The van der Waals surface area contributed by atoms with Crippen LogP contribution in [-0.2, 0) is 20.7 Å². The van der Waals surface area contributed by atoms with E-state index in [-0.39, 0.29) is 24.1 Å². The molecule has 3 N–H and O–H groups in total. The van der Waals surface area contributed by atoms with Crippen molar-refractivity contribution in [1.29, 1.82) is 0 Å². The highest BCUT2D eigenvalue weighted by atomic mass is 16.6. The van der Waals surface area contributed by atoms with Gasteiger partial charge in [-0.2, -0.15) is 0 Å². The zero-order chi connectivity index (χ0) is 28.0. The second-order valence-corrected chi connectivity index (χ2v) is 11.4. The van der Waals surface area contributed by atoms with Crippen LogP contribution in [0.25, 0.3) is 0 Å². The molecule has 0 saturated heterocycles. The molecule has 8 nitrogen and oxygen atoms in total. The summed E-state index contributed by atoms with van der Waals surface area (Å²) in [5.74, 6) is -0.858. The molecule has 202 valence electrons. The molecule has 0 radical (unpaired) electrons. The minimum absolute atomic E-state index is 0.0196. The van der Waals surface area contributed by atoms with Crippen LogP contribution in [0.1, 0.15) is 72.6 Å². The van der Waals surface area contributed by atoms with Gasteiger partial charge in [0.25, 0.3) is 0 Å². The fourth-order valence-electron chi connectivity index (χ4n) is 3.99. The quantitative estimate of drug-likeness (QED) is 0.475. The Labute approximate surface area is 220 Å². The van der Waals surface area contributed by atoms with E-state index in [0.29, 0.717) is 5.56 Å². The van der Waals surface area contributed by atoms with Crippen molar-refractivity contribution in [3.63, 3.8) is 0 Å². The van der Waals surface area contributed by atoms with Crippen LogP contribution in [-0.4, -0.2) is 51.1 Å². The number of nitrogens with zero attached hydrogens (tertiary/aromatic N) is 1. The van der Waals surface area contributed by atoms with E-state index in [4.69, 9.17) is 4.74 Å². The maximum Gasteiger partial charge on any atom is 0.408 e. The maximum absolute atomic E-state index is 14.3. The van der Waals surface area contributed by atoms with Crippen molar-refractivity contribution in [3.8, 4) is 5.75 Å². The summed E-state index contributed by atoms with van der Waals surface area (Å²) in [6.07, 6.45) is -0.527. The molecule has 8 heteroatoms. The van der Waals surface area contributed by atoms with Gasteiger partial charge >= 0.3 is 6.09 Å². The third-order valence-corrected chi connectivity index (χ3v) is 5.36. The van der Waals surface area contributed by atoms with Crippen LogP contribution < -0.4 is 10.6 Å². The van der Waals surface area contributed by atoms with Gasteiger partial charge in [0.2, 0.25) is 11.8 Å². The van der Waals surface area contributed by atoms with Gasteiger partial charge in [-0.3, -0.25) is 9.59 Å². The van der Waals surface area contributed by atoms with Gasteiger partial charge in [0, 0.05) is 18.0 Å². The average Bonchev–Trinajstić information content (AvgIpc) is 2.74. The van der Waals surface area contributed by atoms with Crippen molar-refractivity contribution in [1.82, 2.24) is 15.5 Å². The number of rotatable bonds is 8. The standard InChI is InChI=1S/C29H41N3O5/c1-19(2)30-25(34)24(21-15-12-16-22(33)18-21)32(28(3,4)5)26(35)23(17-20-13-10-9-11-14-20)31-27(36)37-29(6,7)8/h9-16,18-19,23-24,33H,17H2,1-8H3,(H,30,34)(H,31,36). The number of phenols is 1. The molecule has 0 fully saturated rings. The number of alkyl carbamates (subject to hydrolysis) is 1. The summed E-state index contributed by atoms with van der Waals surface area (Å²) in [6, 6.07) is 13.4. The second-order valence-electron chi connectivity index (χ2n) is 11.4. The third-order valence-electron chi connectivity index (χ3n) is 5.36. The Hall–Kier alpha value is -3.55. The summed E-state index contributed by atoms with van der Waals surface area (Å²) in [4.78, 5) is 42.1. The summed E-state index contributed by atoms with van der Waals surface area (Å²) in [7, 11) is 0. The Bertz CT molecular complexity index is 1070. The normalized spacial score (nSPS) is 13.4. The number of hydrogen-bond acceptors (Lipinski definition) is 5. The van der Waals surface area contributed by atoms with Gasteiger partial charge < -0.3 is 25.4 Å². The molecule has 2 rings (SSSR count). The summed E-state index contributed by atoms with van der Waals surface area (Å²) in [5.41, 5.74) is -0.287. The molecule has 0 bridgehead atoms. The minimum atomic E-state index is -1.05. The molecule has 0 saturated carbocycles. The zero-order valence-electron chi connectivity index (χ0n) is 23.2. The first kappa shape index (κ1) is 29.7. The van der Waals surface area contributed by atoms with Crippen LogP contribution in [0.3, 0.4) is 0 Å². The van der Waals surface area contributed by atoms with Gasteiger partial charge in [0.05, 0.1) is 0 Å². The fourth-order valence-corrected chi connectivity index (χ4v) is 3.99. The Morgan fingerprint density at radius 2 is 1.54 bits per heavy atom. The summed E-state index contributed by atoms with van der Waals surface area (Å²) < 4.78 is 5.45. The van der Waals surface area contributed by atoms with Gasteiger partial charge in [0.15, 0.2) is 0 Å². The number of carbonyl (C=O) groups is 3. The highest BCUT2D eigenvalue weighted by molar-refractivity contribution is 5.93. The van der Waals surface area contributed by atoms with Crippen molar-refractivity contribution in [2.75, 3.05) is 0 Å². The highest BCUT2D eigenvalue weighted by Gasteiger charge is 2.42. The van der Waals surface area contributed by atoms with E-state index >= 15 is 0 Å². The second kappa shape index (κ2) is 12.1. The number of hydrogen-bond donors (Lipinski definition) is 3. The van der Waals surface area contributed by atoms with Crippen molar-refractivity contribution < 1.29 is 24.2 Å². The molecule has 0 aliphatic rings. The van der Waals surface area contributed by atoms with Crippen molar-refractivity contribution in [3.05, 3.63) is 65.7 Å². The molecule has 0 aliphatic heterocycles. The number of carbonyl (C=O) groups excluding carboxylic acids is 3. The molecule has 2 atom stereocenters. The van der Waals surface area contributed by atoms with Gasteiger partial charge in [0.1, 0.15) is 23.4 Å². The van der Waals surface area contributed by atoms with Gasteiger partial charge in [-0.1, -0.05) is 42.5 Å². The molecule has 2 unspecified atom stereocenters. The summed E-state index contributed by atoms with van der Waals surface area (Å²) in [5, 5.41) is 15.8. The fraction of sp³-hybridized carbons (Fsp3) is 0.483. The zero-order valence-corrected chi connectivity index (χ0v) is 23.2. The number of aromatic hydroxyl groups is 1. The lowest BCUT2D eigenvalue weighted by molar-refractivity contribution is -0.148. The Kier molecular flexibility index (Phi) is 9.73. The van der Waals surface area contributed by atoms with Crippen molar-refractivity contribution in [2.45, 2.75) is 91.1 Å². The molecular formula is C29H41N3O5. The molecule has 0 heterocycles. The lowest BCUT2D eigenvalue weighted by Crippen LogP contribution is -2.59. The first-order valence-corrected chi connectivity index (χ1v) is 12.5. The van der Waals surface area contributed by atoms with Crippen LogP contribution in [0.4, 0.5) is 4.79 Å². The minimum Gasteiger partial charge on any atom is -0.508 e. The molecule has 0 aliphatic carbocycles. The highest BCUT2D eigenvalue weighted by Crippen LogP contribution is 2.32. The molecule has 3 amide bonds. The van der Waals surface area contributed by atoms with Gasteiger partial charge in [-0.25, -0.2) is 4.79 Å². The predicted octanol–water partition coefficient (Wildman–Crippen LogP) is 4.72.